The number of nitrogens with zero attached hydrogens (tertiary/aromatic N) is 4. The number of aromatic nitrogens is 4. The monoisotopic (exact) mass is 472 g/mol. The second-order valence-corrected chi connectivity index (χ2v) is 9.19. The standard InChI is InChI=1S/C21H21ClN6OS2/c1-3-27(11-18-24-17-10-14(22)7-8-16(17)19(29)25-18)12-28-21(30)31-20(26-28)23-15-6-4-5-13(2)9-15/h4-10H,3,11-12H2,1-2H3,(H,23,26)(H,24,25,29). The normalized spacial score (nSPS) is 11.4. The SMILES string of the molecule is CCN(Cc1nc2cc(Cl)ccc2c(=O)[nH]1)Cn1nc(Nc2cccc(C)c2)sc1=S. The summed E-state index contributed by atoms with van der Waals surface area (Å²) in [7, 11) is 0. The third-order valence-electron chi connectivity index (χ3n) is 4.75. The van der Waals surface area contributed by atoms with Crippen molar-refractivity contribution >= 4 is 56.9 Å². The van der Waals surface area contributed by atoms with Crippen molar-refractivity contribution in [2.45, 2.75) is 27.1 Å². The molecule has 0 bridgehead atoms. The van der Waals surface area contributed by atoms with Gasteiger partial charge in [0, 0.05) is 10.7 Å². The fourth-order valence-corrected chi connectivity index (χ4v) is 4.37. The van der Waals surface area contributed by atoms with Crippen LogP contribution < -0.4 is 10.9 Å². The van der Waals surface area contributed by atoms with E-state index in [-0.39, 0.29) is 5.56 Å². The molecule has 7 nitrogen and oxygen atoms in total. The lowest BCUT2D eigenvalue weighted by Gasteiger charge is -2.19. The summed E-state index contributed by atoms with van der Waals surface area (Å²) in [5.41, 5.74) is 2.54. The summed E-state index contributed by atoms with van der Waals surface area (Å²) in [6.45, 7) is 5.76. The molecular weight excluding hydrogens is 452 g/mol. The predicted octanol–water partition coefficient (Wildman–Crippen LogP) is 5.10. The Hall–Kier alpha value is -2.59. The topological polar surface area (TPSA) is 78.8 Å². The van der Waals surface area contributed by atoms with Gasteiger partial charge in [-0.15, -0.1) is 5.10 Å². The summed E-state index contributed by atoms with van der Waals surface area (Å²) >= 11 is 13.0. The Balaban J connectivity index is 1.52. The van der Waals surface area contributed by atoms with Crippen molar-refractivity contribution in [3.05, 3.63) is 73.2 Å². The van der Waals surface area contributed by atoms with Crippen LogP contribution >= 0.6 is 35.2 Å². The number of aryl methyl sites for hydroxylation is 1. The minimum Gasteiger partial charge on any atom is -0.330 e. The second kappa shape index (κ2) is 9.27. The lowest BCUT2D eigenvalue weighted by atomic mass is 10.2. The van der Waals surface area contributed by atoms with Crippen molar-refractivity contribution in [2.24, 2.45) is 0 Å². The Bertz CT molecular complexity index is 1350. The van der Waals surface area contributed by atoms with E-state index < -0.39 is 0 Å². The Morgan fingerprint density at radius 1 is 1.29 bits per heavy atom. The van der Waals surface area contributed by atoms with Gasteiger partial charge >= 0.3 is 0 Å². The molecular formula is C21H21ClN6OS2. The van der Waals surface area contributed by atoms with Crippen molar-refractivity contribution < 1.29 is 0 Å². The number of aromatic amines is 1. The van der Waals surface area contributed by atoms with Gasteiger partial charge in [0.05, 0.1) is 24.1 Å². The van der Waals surface area contributed by atoms with E-state index in [2.05, 4.69) is 31.3 Å². The van der Waals surface area contributed by atoms with Crippen LogP contribution in [-0.2, 0) is 13.2 Å². The Morgan fingerprint density at radius 3 is 2.90 bits per heavy atom. The molecule has 2 N–H and O–H groups in total. The van der Waals surface area contributed by atoms with E-state index in [0.717, 1.165) is 17.4 Å². The molecule has 0 radical (unpaired) electrons. The Labute approximate surface area is 193 Å². The summed E-state index contributed by atoms with van der Waals surface area (Å²) in [6.07, 6.45) is 0. The molecule has 0 saturated heterocycles. The highest BCUT2D eigenvalue weighted by atomic mass is 35.5. The molecule has 2 aromatic heterocycles. The molecule has 4 rings (SSSR count). The maximum absolute atomic E-state index is 12.4. The Morgan fingerprint density at radius 2 is 2.13 bits per heavy atom. The molecule has 10 heteroatoms. The highest BCUT2D eigenvalue weighted by Crippen LogP contribution is 2.21. The van der Waals surface area contributed by atoms with Crippen LogP contribution in [0.15, 0.2) is 47.3 Å². The minimum atomic E-state index is -0.178. The summed E-state index contributed by atoms with van der Waals surface area (Å²) < 4.78 is 2.44. The van der Waals surface area contributed by atoms with Crippen molar-refractivity contribution in [3.63, 3.8) is 0 Å². The van der Waals surface area contributed by atoms with Crippen molar-refractivity contribution in [2.75, 3.05) is 11.9 Å². The average Bonchev–Trinajstić information content (AvgIpc) is 3.05. The molecule has 160 valence electrons. The highest BCUT2D eigenvalue weighted by molar-refractivity contribution is 7.73. The molecule has 2 heterocycles. The molecule has 0 aliphatic rings. The van der Waals surface area contributed by atoms with Crippen molar-refractivity contribution in [1.82, 2.24) is 24.6 Å². The molecule has 0 unspecified atom stereocenters. The molecule has 0 fully saturated rings. The first-order chi connectivity index (χ1) is 14.9. The first-order valence-electron chi connectivity index (χ1n) is 9.73. The van der Waals surface area contributed by atoms with Gasteiger partial charge in [0.1, 0.15) is 5.82 Å². The number of anilines is 2. The number of rotatable bonds is 7. The van der Waals surface area contributed by atoms with Gasteiger partial charge in [-0.3, -0.25) is 9.69 Å². The fraction of sp³-hybridized carbons (Fsp3) is 0.238. The molecule has 0 aliphatic carbocycles. The van der Waals surface area contributed by atoms with Gasteiger partial charge in [-0.1, -0.05) is 42.0 Å². The zero-order valence-electron chi connectivity index (χ0n) is 17.1. The van der Waals surface area contributed by atoms with Crippen LogP contribution in [0.3, 0.4) is 0 Å². The molecule has 0 spiro atoms. The largest absolute Gasteiger partial charge is 0.330 e. The molecule has 0 aliphatic heterocycles. The Kier molecular flexibility index (Phi) is 6.47. The molecule has 0 atom stereocenters. The summed E-state index contributed by atoms with van der Waals surface area (Å²) in [5.74, 6) is 0.571. The first kappa shape index (κ1) is 21.6. The molecule has 2 aromatic carbocycles. The zero-order valence-corrected chi connectivity index (χ0v) is 19.4. The summed E-state index contributed by atoms with van der Waals surface area (Å²) in [4.78, 5) is 21.9. The molecule has 0 amide bonds. The van der Waals surface area contributed by atoms with E-state index in [9.17, 15) is 4.79 Å². The van der Waals surface area contributed by atoms with E-state index in [1.165, 1.54) is 16.9 Å². The summed E-state index contributed by atoms with van der Waals surface area (Å²) in [6, 6.07) is 13.2. The van der Waals surface area contributed by atoms with E-state index in [4.69, 9.17) is 23.8 Å². The van der Waals surface area contributed by atoms with Crippen LogP contribution in [0, 0.1) is 10.9 Å². The number of hydrogen-bond acceptors (Lipinski definition) is 7. The van der Waals surface area contributed by atoms with E-state index in [1.807, 2.05) is 32.0 Å². The summed E-state index contributed by atoms with van der Waals surface area (Å²) in [5, 5.41) is 9.72. The number of nitrogens with one attached hydrogen (secondary N) is 2. The third kappa shape index (κ3) is 5.19. The minimum absolute atomic E-state index is 0.178. The molecule has 0 saturated carbocycles. The van der Waals surface area contributed by atoms with E-state index in [0.29, 0.717) is 38.9 Å². The van der Waals surface area contributed by atoms with Crippen LogP contribution in [0.4, 0.5) is 10.8 Å². The van der Waals surface area contributed by atoms with Crippen molar-refractivity contribution in [3.8, 4) is 0 Å². The van der Waals surface area contributed by atoms with Crippen LogP contribution in [0.2, 0.25) is 5.02 Å². The first-order valence-corrected chi connectivity index (χ1v) is 11.3. The smallest absolute Gasteiger partial charge is 0.258 e. The lowest BCUT2D eigenvalue weighted by Crippen LogP contribution is -2.28. The fourth-order valence-electron chi connectivity index (χ4n) is 3.19. The van der Waals surface area contributed by atoms with Gasteiger partial charge in [0.2, 0.25) is 5.13 Å². The van der Waals surface area contributed by atoms with Gasteiger partial charge < -0.3 is 10.3 Å². The molecule has 31 heavy (non-hydrogen) atoms. The molecule has 4 aromatic rings. The second-order valence-electron chi connectivity index (χ2n) is 7.13. The number of hydrogen-bond donors (Lipinski definition) is 2. The van der Waals surface area contributed by atoms with E-state index in [1.54, 1.807) is 22.9 Å². The number of H-pyrrole nitrogens is 1. The van der Waals surface area contributed by atoms with Crippen LogP contribution in [-0.4, -0.2) is 31.2 Å². The third-order valence-corrected chi connectivity index (χ3v) is 6.21. The van der Waals surface area contributed by atoms with Crippen LogP contribution in [0.5, 0.6) is 0 Å². The average molecular weight is 473 g/mol. The highest BCUT2D eigenvalue weighted by Gasteiger charge is 2.12. The quantitative estimate of drug-likeness (QED) is 0.364. The van der Waals surface area contributed by atoms with Gasteiger partial charge in [-0.05, 0) is 61.6 Å². The van der Waals surface area contributed by atoms with Crippen LogP contribution in [0.25, 0.3) is 10.9 Å². The van der Waals surface area contributed by atoms with Gasteiger partial charge in [-0.25, -0.2) is 9.67 Å². The number of fused-ring (bicyclic) bond motifs is 1. The maximum Gasteiger partial charge on any atom is 0.258 e. The number of halogens is 1. The number of benzene rings is 2. The van der Waals surface area contributed by atoms with Crippen LogP contribution in [0.1, 0.15) is 18.3 Å². The van der Waals surface area contributed by atoms with Gasteiger partial charge in [0.25, 0.3) is 5.56 Å². The lowest BCUT2D eigenvalue weighted by molar-refractivity contribution is 0.204. The van der Waals surface area contributed by atoms with Gasteiger partial charge in [0.15, 0.2) is 3.95 Å². The van der Waals surface area contributed by atoms with Crippen molar-refractivity contribution in [1.29, 1.82) is 0 Å². The predicted molar refractivity (Wildman–Crippen MR) is 129 cm³/mol. The zero-order chi connectivity index (χ0) is 22.0. The van der Waals surface area contributed by atoms with Gasteiger partial charge in [-0.2, -0.15) is 0 Å². The maximum atomic E-state index is 12.4. The van der Waals surface area contributed by atoms with E-state index >= 15 is 0 Å².